The van der Waals surface area contributed by atoms with Crippen LogP contribution in [0.2, 0.25) is 5.02 Å². The fourth-order valence-electron chi connectivity index (χ4n) is 16.1. The van der Waals surface area contributed by atoms with E-state index < -0.39 is 329 Å². The van der Waals surface area contributed by atoms with Gasteiger partial charge in [-0.05, 0) is 97.1 Å². The summed E-state index contributed by atoms with van der Waals surface area (Å²) in [7, 11) is 0. The van der Waals surface area contributed by atoms with Crippen molar-refractivity contribution in [3.63, 3.8) is 0 Å². The summed E-state index contributed by atoms with van der Waals surface area (Å²) in [6, 6.07) is -10.6. The predicted molar refractivity (Wildman–Crippen MR) is 521 cm³/mol. The number of nitrogens with two attached hydrogens (primary N) is 1. The number of carbonyl (C=O) groups excluding carboxylic acids is 19. The molecule has 137 heavy (non-hydrogen) atoms. The molecule has 21 atom stereocenters. The van der Waals surface area contributed by atoms with Gasteiger partial charge in [-0.15, -0.1) is 0 Å². The molecular formula is C93H136ClN17O22S4. The number of aliphatic hydroxyl groups is 1. The maximum atomic E-state index is 16.1. The number of aromatic amines is 1. The number of carboxylic acid groups (broad SMARTS) is 1. The van der Waals surface area contributed by atoms with Gasteiger partial charge in [0, 0.05) is 123 Å². The molecule has 39 nitrogen and oxygen atoms in total. The van der Waals surface area contributed by atoms with Crippen LogP contribution in [0, 0.1) is 54.3 Å². The third-order valence-corrected chi connectivity index (χ3v) is 29.7. The molecule has 5 heterocycles. The first-order valence-corrected chi connectivity index (χ1v) is 51.2. The maximum Gasteiger partial charge on any atom is 0.303 e. The normalized spacial score (nSPS) is 28.8. The molecule has 44 heteroatoms. The van der Waals surface area contributed by atoms with Crippen LogP contribution < -0.4 is 85.5 Å². The lowest BCUT2D eigenvalue weighted by molar-refractivity contribution is -0.139. The van der Waals surface area contributed by atoms with Crippen LogP contribution >= 0.6 is 58.6 Å². The number of amides is 15. The minimum Gasteiger partial charge on any atom is -0.481 e. The maximum absolute atomic E-state index is 16.1. The van der Waals surface area contributed by atoms with E-state index in [1.165, 1.54) is 27.7 Å². The number of hydrogen-bond donors (Lipinski definition) is 19. The van der Waals surface area contributed by atoms with E-state index in [4.69, 9.17) is 17.3 Å². The second-order valence-corrected chi connectivity index (χ2v) is 43.1. The minimum absolute atomic E-state index is 0.0711. The van der Waals surface area contributed by atoms with Crippen LogP contribution in [-0.2, 0) is 109 Å². The number of aromatic nitrogens is 1. The minimum atomic E-state index is -1.90. The van der Waals surface area contributed by atoms with E-state index >= 15 is 52.7 Å². The highest BCUT2D eigenvalue weighted by molar-refractivity contribution is 8.00. The number of H-pyrrole nitrogens is 1. The van der Waals surface area contributed by atoms with Gasteiger partial charge in [0.1, 0.15) is 54.4 Å². The van der Waals surface area contributed by atoms with E-state index in [0.29, 0.717) is 27.1 Å². The van der Waals surface area contributed by atoms with Gasteiger partial charge in [-0.25, -0.2) is 0 Å². The van der Waals surface area contributed by atoms with Crippen LogP contribution in [0.25, 0.3) is 10.9 Å². The van der Waals surface area contributed by atoms with Gasteiger partial charge in [0.05, 0.1) is 49.9 Å². The van der Waals surface area contributed by atoms with Crippen molar-refractivity contribution >= 4 is 187 Å². The molecule has 7 rings (SSSR count). The van der Waals surface area contributed by atoms with Crippen molar-refractivity contribution in [3.05, 3.63) is 70.4 Å². The van der Waals surface area contributed by atoms with Gasteiger partial charge in [-0.3, -0.25) is 95.9 Å². The Bertz CT molecular complexity index is 4850. The van der Waals surface area contributed by atoms with E-state index in [1.54, 1.807) is 112 Å². The van der Waals surface area contributed by atoms with Crippen molar-refractivity contribution in [2.45, 2.75) is 275 Å². The summed E-state index contributed by atoms with van der Waals surface area (Å²) in [4.78, 5) is 302. The first kappa shape index (κ1) is 114. The molecule has 0 saturated carbocycles. The SMILES string of the molecule is CCC(C)[C@@H]1CC(=O)[C@@H]2NC(=O)[C@H](CC(C)C)CC(=O)[C@H](NC(=O)[C@H]3CSC[C@H](N)C(=O)N[C@@H](CO)C(=O)NCC(=O)N[C@@H](Cc4c[nH]c5ccccc45)C(=O)N[C@@H](C(C)C)C(=O)N3)[C@H](C)SC[C@H](NC(=O)[C@H](CCC(=O)O)NC1=O)C(=O)NCC(=O)N[C@@H]1C(=O)N[C@@H](CC(C)C)C(=O)N[C@@H](C(C)C)C(=O)N[C@@H](CS[C@H]2C)C(=O)C[C@@H](C)C(=O)N[C@H](C(=O)CCc2cc(C)cc(Cl)c2)CS[C@H]1C. The van der Waals surface area contributed by atoms with E-state index in [0.717, 1.165) is 52.6 Å². The number of hydrogen-bond acceptors (Lipinski definition) is 26. The Balaban J connectivity index is 1.44. The van der Waals surface area contributed by atoms with Crippen LogP contribution in [0.15, 0.2) is 48.7 Å². The first-order valence-electron chi connectivity index (χ1n) is 46.5. The number of aliphatic carboxylic acids is 1. The van der Waals surface area contributed by atoms with Gasteiger partial charge in [0.15, 0.2) is 23.1 Å². The number of thioether (sulfide) groups is 4. The second-order valence-electron chi connectivity index (χ2n) is 37.4. The lowest BCUT2D eigenvalue weighted by Crippen LogP contribution is -2.61. The summed E-state index contributed by atoms with van der Waals surface area (Å²) in [6.45, 7) is 21.5. The molecular weight excluding hydrogens is 1870 g/mol. The highest BCUT2D eigenvalue weighted by Gasteiger charge is 2.44. The lowest BCUT2D eigenvalue weighted by atomic mass is 9.84. The molecule has 2 aromatic carbocycles. The Morgan fingerprint density at radius 1 is 0.518 bits per heavy atom. The van der Waals surface area contributed by atoms with Crippen LogP contribution in [0.5, 0.6) is 0 Å². The van der Waals surface area contributed by atoms with Crippen molar-refractivity contribution in [1.82, 2.24) is 84.7 Å². The largest absolute Gasteiger partial charge is 0.481 e. The number of fused-ring (bicyclic) bond motifs is 19. The fourth-order valence-corrected chi connectivity index (χ4v) is 20.9. The average Bonchev–Trinajstić information content (AvgIpc) is 1.70. The summed E-state index contributed by atoms with van der Waals surface area (Å²) in [5.41, 5.74) is 9.10. The van der Waals surface area contributed by atoms with E-state index in [9.17, 15) is 53.4 Å². The van der Waals surface area contributed by atoms with Gasteiger partial charge < -0.3 is 101 Å². The van der Waals surface area contributed by atoms with Crippen molar-refractivity contribution < 1.29 is 106 Å². The molecule has 4 fully saturated rings. The van der Waals surface area contributed by atoms with Gasteiger partial charge in [-0.2, -0.15) is 47.0 Å². The number of aryl methyl sites for hydroxylation is 2. The average molecular weight is 2010 g/mol. The number of halogens is 1. The summed E-state index contributed by atoms with van der Waals surface area (Å²) in [5.74, 6) is -28.8. The fraction of sp³-hybridized carbons (Fsp3) is 0.634. The molecule has 756 valence electrons. The Morgan fingerprint density at radius 3 is 1.73 bits per heavy atom. The number of rotatable bonds is 20. The first-order chi connectivity index (χ1) is 64.6. The quantitative estimate of drug-likeness (QED) is 0.0700. The molecule has 0 radical (unpaired) electrons. The smallest absolute Gasteiger partial charge is 0.303 e. The molecule has 1 unspecified atom stereocenters. The monoisotopic (exact) mass is 2010 g/mol. The van der Waals surface area contributed by atoms with Crippen molar-refractivity contribution in [2.75, 3.05) is 48.5 Å². The second kappa shape index (κ2) is 54.4. The number of benzene rings is 2. The van der Waals surface area contributed by atoms with Gasteiger partial charge in [0.2, 0.25) is 88.6 Å². The molecule has 3 aromatic rings. The topological polar surface area (TPSA) is 604 Å². The molecule has 0 spiro atoms. The summed E-state index contributed by atoms with van der Waals surface area (Å²) in [5, 5.41) is 57.8. The highest BCUT2D eigenvalue weighted by Crippen LogP contribution is 2.31. The zero-order valence-electron chi connectivity index (χ0n) is 80.1. The zero-order valence-corrected chi connectivity index (χ0v) is 84.2. The number of aliphatic hydroxyl groups excluding tert-OH is 1. The molecule has 4 saturated heterocycles. The number of nitrogens with one attached hydrogen (secondary N) is 16. The molecule has 4 aliphatic heterocycles. The molecule has 0 aliphatic carbocycles. The standard InChI is InChI=1S/C93H136ClN17O22S4/c1-16-48(11)58-33-72(116)79-51(14)135-41-66-70(114)29-49(12)81(121)103-65(69(113)23-21-53-27-47(10)28-56(94)30-53)40-136-52(15)80(93(133)101-62(26-44(4)5)88(128)108-76(45(6)7)91(131)104-66)107-74(118)36-98-86(126)68(105-87(127)61(100-83(58)123)22-24-75(119)120)42-137-50(13)78(71(115)32-54(25-43(2)3)82(122)110-79)111-90(130)67-39-134-38-59(95)84(124)102-64(37-112)85(125)97-35-73(117)99-63(89(129)109-77(46(8)9)92(132)106-67)31-55-34-96-60-20-18-17-19-57(55)60/h17-20,27-28,30,34,43-46,48-52,54,58-59,61-68,76-80,96,112H,16,21-26,29,31-33,35-42,95H2,1-15H3,(H,97,125)(H,98,126)(H,99,117)(H,100,123)(H,101,133)(H,102,124)(H,103,121)(H,104,131)(H,105,127)(H,106,132)(H,107,118)(H,108,128)(H,109,129)(H,110,122)(H,111,130)(H,119,120)/t48?,49-,50+,51+,52+,54-,58+,59+,61+,62+,63+,64+,65+,66+,67-,68+,76+,77+,78-,79-,80+/m1/s1. The van der Waals surface area contributed by atoms with Crippen LogP contribution in [0.1, 0.15) is 171 Å². The third-order valence-electron chi connectivity index (χ3n) is 24.4. The number of carbonyl (C=O) groups is 20. The third kappa shape index (κ3) is 35.0. The molecule has 1 aromatic heterocycles. The van der Waals surface area contributed by atoms with E-state index in [-0.39, 0.29) is 55.9 Å². The van der Waals surface area contributed by atoms with Crippen LogP contribution in [0.4, 0.5) is 0 Å². The summed E-state index contributed by atoms with van der Waals surface area (Å²) < 4.78 is 0. The van der Waals surface area contributed by atoms with E-state index in [2.05, 4.69) is 84.7 Å². The van der Waals surface area contributed by atoms with Gasteiger partial charge in [0.25, 0.3) is 0 Å². The number of Topliss-reactive ketones (excluding diaryl/α,β-unsaturated/α-hetero) is 4. The lowest BCUT2D eigenvalue weighted by Gasteiger charge is -2.31. The van der Waals surface area contributed by atoms with Gasteiger partial charge in [-0.1, -0.05) is 139 Å². The van der Waals surface area contributed by atoms with Gasteiger partial charge >= 0.3 is 5.97 Å². The summed E-state index contributed by atoms with van der Waals surface area (Å²) in [6.07, 6.45) is -2.15. The van der Waals surface area contributed by atoms with Crippen molar-refractivity contribution in [1.29, 1.82) is 0 Å². The number of ketones is 4. The number of para-hydroxylation sites is 1. The Kier molecular flexibility index (Phi) is 45.2. The predicted octanol–water partition coefficient (Wildman–Crippen LogP) is 0.942. The zero-order chi connectivity index (χ0) is 102. The Hall–Kier alpha value is -10.2. The number of carboxylic acids is 1. The molecule has 4 bridgehead atoms. The van der Waals surface area contributed by atoms with Crippen LogP contribution in [0.3, 0.4) is 0 Å². The molecule has 15 amide bonds. The summed E-state index contributed by atoms with van der Waals surface area (Å²) >= 11 is 9.82. The Morgan fingerprint density at radius 2 is 1.09 bits per heavy atom. The molecule has 20 N–H and O–H groups in total. The van der Waals surface area contributed by atoms with Crippen LogP contribution in [-0.4, -0.2) is 282 Å². The Labute approximate surface area is 819 Å². The molecule has 4 aliphatic rings. The highest BCUT2D eigenvalue weighted by atomic mass is 35.5. The van der Waals surface area contributed by atoms with E-state index in [1.807, 2.05) is 13.0 Å². The van der Waals surface area contributed by atoms with Crippen molar-refractivity contribution in [2.24, 2.45) is 53.1 Å². The van der Waals surface area contributed by atoms with Crippen molar-refractivity contribution in [3.8, 4) is 0 Å².